The fraction of sp³-hybridized carbons (Fsp3) is 0.692. The zero-order chi connectivity index (χ0) is 35.5. The van der Waals surface area contributed by atoms with E-state index in [1.165, 1.54) is 29.0 Å². The summed E-state index contributed by atoms with van der Waals surface area (Å²) in [7, 11) is 0. The molecule has 5 aliphatic heterocycles. The first-order valence-corrected chi connectivity index (χ1v) is 18.0. The number of fused-ring (bicyclic) bond motifs is 3. The minimum absolute atomic E-state index is 0. The van der Waals surface area contributed by atoms with Crippen LogP contribution in [0.1, 0.15) is 120 Å². The zero-order valence-electron chi connectivity index (χ0n) is 33.2. The minimum Gasteiger partial charge on any atom is -0.769 e. The van der Waals surface area contributed by atoms with Gasteiger partial charge in [0.05, 0.1) is 0 Å². The summed E-state index contributed by atoms with van der Waals surface area (Å²) in [5, 5.41) is 9.80. The molecule has 0 saturated carbocycles. The molecule has 1 fully saturated rings. The predicted octanol–water partition coefficient (Wildman–Crippen LogP) is 11.0. The summed E-state index contributed by atoms with van der Waals surface area (Å²) >= 11 is 1.68. The normalized spacial score (nSPS) is 38.1. The van der Waals surface area contributed by atoms with Crippen molar-refractivity contribution in [1.29, 1.82) is 0 Å². The van der Waals surface area contributed by atoms with E-state index in [2.05, 4.69) is 62.7 Å². The van der Waals surface area contributed by atoms with Crippen LogP contribution in [0.4, 0.5) is 0 Å². The van der Waals surface area contributed by atoms with Gasteiger partial charge in [-0.2, -0.15) is 11.6 Å². The van der Waals surface area contributed by atoms with Crippen LogP contribution in [0, 0.1) is 47.5 Å². The van der Waals surface area contributed by atoms with Crippen LogP contribution in [0.3, 0.4) is 0 Å². The third kappa shape index (κ3) is 7.93. The van der Waals surface area contributed by atoms with E-state index in [-0.39, 0.29) is 55.0 Å². The molecule has 8 atom stereocenters. The van der Waals surface area contributed by atoms with E-state index in [1.54, 1.807) is 11.8 Å². The second-order valence-electron chi connectivity index (χ2n) is 15.1. The van der Waals surface area contributed by atoms with Gasteiger partial charge in [-0.25, -0.2) is 17.0 Å². The van der Waals surface area contributed by atoms with Gasteiger partial charge < -0.3 is 21.1 Å². The van der Waals surface area contributed by atoms with Crippen molar-refractivity contribution in [3.05, 3.63) is 74.2 Å². The first-order chi connectivity index (χ1) is 23.0. The Morgan fingerprint density at radius 3 is 2.71 bits per heavy atom. The molecule has 6 heteroatoms. The summed E-state index contributed by atoms with van der Waals surface area (Å²) in [6.07, 6.45) is 16.5. The molecule has 0 aromatic rings. The summed E-state index contributed by atoms with van der Waals surface area (Å²) < 4.78 is 47.1. The minimum atomic E-state index is -2.18. The first kappa shape index (κ1) is 28.8. The maximum atomic E-state index is 8.84. The predicted molar refractivity (Wildman–Crippen MR) is 187 cm³/mol. The largest absolute Gasteiger partial charge is 0.769 e. The molecule has 0 spiro atoms. The second kappa shape index (κ2) is 14.5. The number of rotatable bonds is 3. The van der Waals surface area contributed by atoms with Gasteiger partial charge >= 0.3 is 0 Å². The molecular weight excluding hydrogens is 751 g/mol. The van der Waals surface area contributed by atoms with Gasteiger partial charge in [0.2, 0.25) is 0 Å². The van der Waals surface area contributed by atoms with Gasteiger partial charge in [-0.1, -0.05) is 85.6 Å². The van der Waals surface area contributed by atoms with Crippen molar-refractivity contribution >= 4 is 17.5 Å². The Balaban J connectivity index is 0.000000255. The van der Waals surface area contributed by atoms with Crippen molar-refractivity contribution in [1.82, 2.24) is 0 Å². The van der Waals surface area contributed by atoms with E-state index in [1.807, 2.05) is 20.8 Å². The monoisotopic (exact) mass is 811 g/mol. The number of nitrogens with zero attached hydrogens (tertiary/aromatic N) is 3. The molecule has 0 amide bonds. The van der Waals surface area contributed by atoms with Crippen LogP contribution in [-0.2, 0) is 24.8 Å². The first-order valence-electron chi connectivity index (χ1n) is 19.6. The van der Waals surface area contributed by atoms with Crippen LogP contribution in [0.2, 0.25) is 0 Å². The van der Waals surface area contributed by atoms with Crippen molar-refractivity contribution in [2.45, 2.75) is 130 Å². The molecule has 3 unspecified atom stereocenters. The Kier molecular flexibility index (Phi) is 9.28. The van der Waals surface area contributed by atoms with Crippen LogP contribution < -0.4 is 0 Å². The number of thioether (sulfide) groups is 1. The average molecular weight is 811 g/mol. The Morgan fingerprint density at radius 2 is 2.00 bits per heavy atom. The van der Waals surface area contributed by atoms with Gasteiger partial charge in [-0.3, -0.25) is 6.08 Å². The van der Waals surface area contributed by atoms with Crippen molar-refractivity contribution in [2.75, 3.05) is 6.54 Å². The Morgan fingerprint density at radius 1 is 1.18 bits per heavy atom. The number of hydrogen-bond donors (Lipinski definition) is 0. The third-order valence-electron chi connectivity index (χ3n) is 10.3. The van der Waals surface area contributed by atoms with E-state index in [9.17, 15) is 0 Å². The Hall–Kier alpha value is -1.20. The average Bonchev–Trinajstić information content (AvgIpc) is 3.59. The van der Waals surface area contributed by atoms with Gasteiger partial charge in [-0.05, 0) is 71.9 Å². The molecule has 0 aromatic heterocycles. The summed E-state index contributed by atoms with van der Waals surface area (Å²) in [5.74, 6) is 3.89. The standard InChI is InChI=1S/C25H34N2OS.C14H21N.Ir/c1-14-9-10-17-16-7-6-8-18(23(16)28-24(17)26-14)19-11-12-20-22(27-19)15(2)21(29-20)13-25(3,4)5;1-10-4-6-13(7-5-10)14-8-11(2)12(3)9-15-14;/h8,12,15-16,19,21-22H,6-7,9-11,13H2,1-5H3;8,10-12H,4-6,9H2,1-3H3;/q2*-2;/t15-,16?,19-,21?,22-;10-,11?,12-;/m11./s1/i1D3,13D2;;. The maximum absolute atomic E-state index is 8.84. The summed E-state index contributed by atoms with van der Waals surface area (Å²) in [6, 6.07) is -0.00139. The van der Waals surface area contributed by atoms with Crippen LogP contribution in [0.15, 0.2) is 56.1 Å². The van der Waals surface area contributed by atoms with Crippen LogP contribution in [0.25, 0.3) is 10.6 Å². The van der Waals surface area contributed by atoms with Crippen LogP contribution in [-0.4, -0.2) is 29.6 Å². The molecule has 45 heavy (non-hydrogen) atoms. The molecule has 7 aliphatic rings. The molecule has 7 rings (SSSR count). The second-order valence-corrected chi connectivity index (χ2v) is 16.3. The Labute approximate surface area is 299 Å². The van der Waals surface area contributed by atoms with Gasteiger partial charge in [0.25, 0.3) is 0 Å². The van der Waals surface area contributed by atoms with Crippen LogP contribution in [0.5, 0.6) is 0 Å². The number of allylic oxidation sites excluding steroid dienone is 4. The van der Waals surface area contributed by atoms with Crippen LogP contribution >= 0.6 is 11.8 Å². The van der Waals surface area contributed by atoms with Gasteiger partial charge in [0.1, 0.15) is 0 Å². The van der Waals surface area contributed by atoms with Crippen molar-refractivity contribution in [2.24, 2.45) is 40.0 Å². The molecule has 4 nitrogen and oxygen atoms in total. The smallest absolute Gasteiger partial charge is 0.198 e. The third-order valence-corrected chi connectivity index (χ3v) is 11.7. The van der Waals surface area contributed by atoms with E-state index >= 15 is 0 Å². The van der Waals surface area contributed by atoms with E-state index < -0.39 is 18.6 Å². The number of aliphatic imine (C=N–C) groups is 1. The molecule has 5 heterocycles. The molecule has 1 radical (unpaired) electrons. The van der Waals surface area contributed by atoms with E-state index in [0.717, 1.165) is 55.1 Å². The number of hydrogen-bond acceptors (Lipinski definition) is 3. The van der Waals surface area contributed by atoms with Crippen molar-refractivity contribution < 1.29 is 31.7 Å². The molecule has 0 bridgehead atoms. The zero-order valence-corrected chi connectivity index (χ0v) is 31.4. The molecule has 0 N–H and O–H groups in total. The molecule has 0 aromatic carbocycles. The fourth-order valence-corrected chi connectivity index (χ4v) is 8.98. The summed E-state index contributed by atoms with van der Waals surface area (Å²) in [6.45, 7) is 13.8. The fourth-order valence-electron chi connectivity index (χ4n) is 7.30. The Bertz CT molecular complexity index is 1490. The van der Waals surface area contributed by atoms with Crippen molar-refractivity contribution in [3.63, 3.8) is 0 Å². The molecule has 1 saturated heterocycles. The maximum Gasteiger partial charge on any atom is 0.198 e. The molecule has 2 aliphatic carbocycles. The van der Waals surface area contributed by atoms with Gasteiger partial charge in [0.15, 0.2) is 5.88 Å². The SMILES string of the molecule is CC1C=C(C2=[C-]C[C@H](C)CC2)[N-]C[C@H]1C.[2H]C([2H])([2H])C1=NC2=C(CC1)C1CC[CH-]C([C@H]3CC=C4SC(C([2H])([2H])C(C)(C)C)[C@@H](C)[C@H]4[N-]3)=C1O2.[Ir]. The summed E-state index contributed by atoms with van der Waals surface area (Å²) in [4.78, 5) is 5.63. The number of ether oxygens (including phenoxy) is 1. The van der Waals surface area contributed by atoms with Gasteiger partial charge in [-0.15, -0.1) is 43.2 Å². The molecular formula is C39H55IrN3OS-4. The van der Waals surface area contributed by atoms with E-state index in [4.69, 9.17) is 16.9 Å². The van der Waals surface area contributed by atoms with E-state index in [0.29, 0.717) is 30.6 Å². The van der Waals surface area contributed by atoms with Gasteiger partial charge in [0, 0.05) is 37.9 Å². The van der Waals surface area contributed by atoms with Crippen molar-refractivity contribution in [3.8, 4) is 0 Å². The summed E-state index contributed by atoms with van der Waals surface area (Å²) in [5.41, 5.74) is 4.67. The molecule has 251 valence electrons. The topological polar surface area (TPSA) is 49.8 Å². The quantitative estimate of drug-likeness (QED) is 0.267.